The van der Waals surface area contributed by atoms with Crippen molar-refractivity contribution >= 4 is 0 Å². The first-order valence-corrected chi connectivity index (χ1v) is 5.16. The van der Waals surface area contributed by atoms with Gasteiger partial charge in [-0.05, 0) is 13.8 Å². The molecule has 0 fully saturated rings. The summed E-state index contributed by atoms with van der Waals surface area (Å²) in [6, 6.07) is 0.474. The largest absolute Gasteiger partial charge is 0.478 e. The number of rotatable bonds is 4. The fraction of sp³-hybridized carbons (Fsp3) is 0.600. The van der Waals surface area contributed by atoms with E-state index in [1.807, 2.05) is 0 Å². The van der Waals surface area contributed by atoms with Crippen molar-refractivity contribution in [3.63, 3.8) is 0 Å². The molecule has 1 atom stereocenters. The highest BCUT2D eigenvalue weighted by Crippen LogP contribution is 2.29. The molecule has 0 saturated carbocycles. The summed E-state index contributed by atoms with van der Waals surface area (Å²) in [7, 11) is 0. The molecule has 0 radical (unpaired) electrons. The maximum atomic E-state index is 12.5. The molecular weight excluding hydrogens is 235 g/mol. The van der Waals surface area contributed by atoms with E-state index in [1.165, 1.54) is 0 Å². The second-order valence-electron chi connectivity index (χ2n) is 3.62. The first-order chi connectivity index (χ1) is 7.82. The number of alkyl halides is 3. The fourth-order valence-corrected chi connectivity index (χ4v) is 1.22. The number of aromatic nitrogens is 2. The molecule has 0 spiro atoms. The summed E-state index contributed by atoms with van der Waals surface area (Å²) in [5.41, 5.74) is 4.50. The zero-order valence-electron chi connectivity index (χ0n) is 9.58. The average Bonchev–Trinajstić information content (AvgIpc) is 2.15. The first kappa shape index (κ1) is 13.7. The highest BCUT2D eigenvalue weighted by Gasteiger charge is 2.34. The van der Waals surface area contributed by atoms with E-state index in [4.69, 9.17) is 10.5 Å². The smallest absolute Gasteiger partial charge is 0.433 e. The summed E-state index contributed by atoms with van der Waals surface area (Å²) in [5, 5.41) is 0. The number of ether oxygens (including phenoxy) is 1. The Morgan fingerprint density at radius 2 is 2.06 bits per heavy atom. The van der Waals surface area contributed by atoms with E-state index < -0.39 is 11.9 Å². The standard InChI is InChI=1S/C10H14F3N3O/c1-3-17-9-5-7(10(11,12)13)15-8(16-9)4-6(2)14/h5-6H,3-4,14H2,1-2H3. The molecule has 0 aliphatic heterocycles. The van der Waals surface area contributed by atoms with Crippen molar-refractivity contribution in [3.05, 3.63) is 17.6 Å². The molecule has 0 aliphatic rings. The molecule has 0 saturated heterocycles. The Labute approximate surface area is 97.0 Å². The molecule has 0 amide bonds. The lowest BCUT2D eigenvalue weighted by Crippen LogP contribution is -2.21. The van der Waals surface area contributed by atoms with Gasteiger partial charge in [-0.1, -0.05) is 0 Å². The van der Waals surface area contributed by atoms with E-state index in [-0.39, 0.29) is 30.8 Å². The molecule has 1 aromatic heterocycles. The highest BCUT2D eigenvalue weighted by atomic mass is 19.4. The van der Waals surface area contributed by atoms with Crippen molar-refractivity contribution in [1.82, 2.24) is 9.97 Å². The Morgan fingerprint density at radius 1 is 1.41 bits per heavy atom. The maximum absolute atomic E-state index is 12.5. The van der Waals surface area contributed by atoms with Crippen LogP contribution >= 0.6 is 0 Å². The third-order valence-corrected chi connectivity index (χ3v) is 1.84. The number of nitrogens with two attached hydrogens (primary N) is 1. The van der Waals surface area contributed by atoms with Gasteiger partial charge in [-0.15, -0.1) is 0 Å². The lowest BCUT2D eigenvalue weighted by atomic mass is 10.2. The highest BCUT2D eigenvalue weighted by molar-refractivity contribution is 5.19. The molecule has 96 valence electrons. The van der Waals surface area contributed by atoms with Gasteiger partial charge in [0.1, 0.15) is 5.82 Å². The molecule has 0 bridgehead atoms. The van der Waals surface area contributed by atoms with Crippen LogP contribution in [0, 0.1) is 0 Å². The van der Waals surface area contributed by atoms with Crippen LogP contribution in [0.4, 0.5) is 13.2 Å². The van der Waals surface area contributed by atoms with Crippen LogP contribution in [0.15, 0.2) is 6.07 Å². The molecule has 0 aromatic carbocycles. The van der Waals surface area contributed by atoms with Crippen molar-refractivity contribution in [3.8, 4) is 5.88 Å². The van der Waals surface area contributed by atoms with Gasteiger partial charge in [0.15, 0.2) is 5.69 Å². The van der Waals surface area contributed by atoms with Crippen LogP contribution in [0.3, 0.4) is 0 Å². The van der Waals surface area contributed by atoms with Crippen molar-refractivity contribution in [2.24, 2.45) is 5.73 Å². The second-order valence-corrected chi connectivity index (χ2v) is 3.62. The van der Waals surface area contributed by atoms with Gasteiger partial charge in [-0.3, -0.25) is 0 Å². The average molecular weight is 249 g/mol. The van der Waals surface area contributed by atoms with E-state index >= 15 is 0 Å². The minimum atomic E-state index is -4.51. The Morgan fingerprint density at radius 3 is 2.53 bits per heavy atom. The SMILES string of the molecule is CCOc1cc(C(F)(F)F)nc(CC(C)N)n1. The van der Waals surface area contributed by atoms with Crippen molar-refractivity contribution in [1.29, 1.82) is 0 Å². The number of hydrogen-bond acceptors (Lipinski definition) is 4. The molecule has 1 aromatic rings. The Bertz CT molecular complexity index is 380. The van der Waals surface area contributed by atoms with Crippen molar-refractivity contribution < 1.29 is 17.9 Å². The topological polar surface area (TPSA) is 61.0 Å². The van der Waals surface area contributed by atoms with E-state index in [2.05, 4.69) is 9.97 Å². The van der Waals surface area contributed by atoms with Crippen LogP contribution in [0.25, 0.3) is 0 Å². The fourth-order valence-electron chi connectivity index (χ4n) is 1.22. The molecule has 1 rings (SSSR count). The molecule has 17 heavy (non-hydrogen) atoms. The van der Waals surface area contributed by atoms with Gasteiger partial charge in [-0.2, -0.15) is 18.2 Å². The van der Waals surface area contributed by atoms with Gasteiger partial charge in [0.2, 0.25) is 5.88 Å². The number of halogens is 3. The van der Waals surface area contributed by atoms with E-state index in [1.54, 1.807) is 13.8 Å². The van der Waals surface area contributed by atoms with E-state index in [0.717, 1.165) is 6.07 Å². The lowest BCUT2D eigenvalue weighted by molar-refractivity contribution is -0.141. The van der Waals surface area contributed by atoms with E-state index in [9.17, 15) is 13.2 Å². The quantitative estimate of drug-likeness (QED) is 0.883. The minimum absolute atomic E-state index is 0.0401. The van der Waals surface area contributed by atoms with Crippen molar-refractivity contribution in [2.75, 3.05) is 6.61 Å². The molecule has 1 unspecified atom stereocenters. The van der Waals surface area contributed by atoms with E-state index in [0.29, 0.717) is 0 Å². The predicted molar refractivity (Wildman–Crippen MR) is 55.6 cm³/mol. The number of nitrogens with zero attached hydrogens (tertiary/aromatic N) is 2. The molecule has 4 nitrogen and oxygen atoms in total. The Kier molecular flexibility index (Phi) is 4.28. The Balaban J connectivity index is 3.09. The van der Waals surface area contributed by atoms with Gasteiger partial charge in [0, 0.05) is 18.5 Å². The Hall–Kier alpha value is -1.37. The molecule has 0 aliphatic carbocycles. The van der Waals surface area contributed by atoms with Gasteiger partial charge in [-0.25, -0.2) is 4.98 Å². The molecule has 7 heteroatoms. The van der Waals surface area contributed by atoms with Crippen LogP contribution in [-0.4, -0.2) is 22.6 Å². The maximum Gasteiger partial charge on any atom is 0.433 e. The lowest BCUT2D eigenvalue weighted by Gasteiger charge is -2.11. The van der Waals surface area contributed by atoms with Gasteiger partial charge < -0.3 is 10.5 Å². The minimum Gasteiger partial charge on any atom is -0.478 e. The number of hydrogen-bond donors (Lipinski definition) is 1. The van der Waals surface area contributed by atoms with Crippen LogP contribution in [0.1, 0.15) is 25.4 Å². The molecular formula is C10H14F3N3O. The monoisotopic (exact) mass is 249 g/mol. The van der Waals surface area contributed by atoms with Crippen molar-refractivity contribution in [2.45, 2.75) is 32.5 Å². The van der Waals surface area contributed by atoms with Gasteiger partial charge >= 0.3 is 6.18 Å². The summed E-state index contributed by atoms with van der Waals surface area (Å²) in [6.07, 6.45) is -4.34. The second kappa shape index (κ2) is 5.31. The summed E-state index contributed by atoms with van der Waals surface area (Å²) < 4.78 is 42.6. The van der Waals surface area contributed by atoms with Gasteiger partial charge in [0.05, 0.1) is 6.61 Å². The zero-order valence-corrected chi connectivity index (χ0v) is 9.58. The first-order valence-electron chi connectivity index (χ1n) is 5.16. The van der Waals surface area contributed by atoms with Crippen LogP contribution in [0.2, 0.25) is 0 Å². The molecule has 1 heterocycles. The van der Waals surface area contributed by atoms with Crippen LogP contribution < -0.4 is 10.5 Å². The summed E-state index contributed by atoms with van der Waals surface area (Å²) in [4.78, 5) is 7.29. The summed E-state index contributed by atoms with van der Waals surface area (Å²) in [5.74, 6) is -0.0382. The summed E-state index contributed by atoms with van der Waals surface area (Å²) in [6.45, 7) is 3.58. The normalized spacial score (nSPS) is 13.5. The third kappa shape index (κ3) is 4.18. The zero-order chi connectivity index (χ0) is 13.1. The van der Waals surface area contributed by atoms with Crippen LogP contribution in [-0.2, 0) is 12.6 Å². The third-order valence-electron chi connectivity index (χ3n) is 1.84. The van der Waals surface area contributed by atoms with Gasteiger partial charge in [0.25, 0.3) is 0 Å². The predicted octanol–water partition coefficient (Wildman–Crippen LogP) is 1.78. The molecule has 2 N–H and O–H groups in total. The van der Waals surface area contributed by atoms with Crippen LogP contribution in [0.5, 0.6) is 5.88 Å². The summed E-state index contributed by atoms with van der Waals surface area (Å²) >= 11 is 0.